The summed E-state index contributed by atoms with van der Waals surface area (Å²) in [6, 6.07) is 0.412. The van der Waals surface area contributed by atoms with E-state index in [0.717, 1.165) is 37.1 Å². The van der Waals surface area contributed by atoms with Gasteiger partial charge in [-0.2, -0.15) is 0 Å². The summed E-state index contributed by atoms with van der Waals surface area (Å²) in [5.41, 5.74) is 6.15. The molecule has 0 radical (unpaired) electrons. The third-order valence-electron chi connectivity index (χ3n) is 4.37. The van der Waals surface area contributed by atoms with Crippen molar-refractivity contribution in [3.63, 3.8) is 0 Å². The number of amides is 1. The molecule has 2 N–H and O–H groups in total. The lowest BCUT2D eigenvalue weighted by Crippen LogP contribution is -2.27. The van der Waals surface area contributed by atoms with Crippen LogP contribution in [0, 0.1) is 5.92 Å². The standard InChI is InChI=1S/C21H30N2O/c1-14(2)21(24)23-20-12-10-19(11-13-20)18-8-6-17(7-9-18)16(5)22-15(3)4/h6,8,10,12,14-15,22H,5,7,9,11,13H2,1-4H3,(H,23,24). The average molecular weight is 326 g/mol. The molecule has 3 heteroatoms. The van der Waals surface area contributed by atoms with E-state index in [0.29, 0.717) is 6.04 Å². The summed E-state index contributed by atoms with van der Waals surface area (Å²) in [5, 5.41) is 6.39. The molecule has 0 bridgehead atoms. The zero-order chi connectivity index (χ0) is 17.7. The van der Waals surface area contributed by atoms with E-state index < -0.39 is 0 Å². The Morgan fingerprint density at radius 3 is 2.04 bits per heavy atom. The topological polar surface area (TPSA) is 41.1 Å². The highest BCUT2D eigenvalue weighted by molar-refractivity contribution is 5.79. The Labute approximate surface area is 146 Å². The van der Waals surface area contributed by atoms with Crippen molar-refractivity contribution in [3.8, 4) is 0 Å². The van der Waals surface area contributed by atoms with Crippen LogP contribution in [-0.2, 0) is 4.79 Å². The molecule has 0 unspecified atom stereocenters. The zero-order valence-electron chi connectivity index (χ0n) is 15.4. The Morgan fingerprint density at radius 2 is 1.58 bits per heavy atom. The lowest BCUT2D eigenvalue weighted by molar-refractivity contribution is -0.123. The van der Waals surface area contributed by atoms with Gasteiger partial charge in [0.25, 0.3) is 0 Å². The summed E-state index contributed by atoms with van der Waals surface area (Å²) in [4.78, 5) is 11.8. The maximum Gasteiger partial charge on any atom is 0.226 e. The average Bonchev–Trinajstić information content (AvgIpc) is 2.55. The van der Waals surface area contributed by atoms with Crippen molar-refractivity contribution in [3.05, 3.63) is 59.0 Å². The molecular formula is C21H30N2O. The molecule has 0 aromatic rings. The van der Waals surface area contributed by atoms with Gasteiger partial charge in [0, 0.05) is 23.4 Å². The van der Waals surface area contributed by atoms with Crippen molar-refractivity contribution < 1.29 is 4.79 Å². The van der Waals surface area contributed by atoms with E-state index in [-0.39, 0.29) is 11.8 Å². The quantitative estimate of drug-likeness (QED) is 0.753. The van der Waals surface area contributed by atoms with E-state index in [9.17, 15) is 4.79 Å². The minimum absolute atomic E-state index is 0.0217. The third-order valence-corrected chi connectivity index (χ3v) is 4.37. The number of carbonyl (C=O) groups excluding carboxylic acids is 1. The Balaban J connectivity index is 2.01. The van der Waals surface area contributed by atoms with Crippen LogP contribution < -0.4 is 10.6 Å². The van der Waals surface area contributed by atoms with Gasteiger partial charge in [-0.25, -0.2) is 0 Å². The first-order chi connectivity index (χ1) is 11.4. The maximum absolute atomic E-state index is 11.8. The van der Waals surface area contributed by atoms with Crippen LogP contribution in [0.25, 0.3) is 0 Å². The summed E-state index contributed by atoms with van der Waals surface area (Å²) in [5.74, 6) is 0.118. The number of hydrogen-bond donors (Lipinski definition) is 2. The van der Waals surface area contributed by atoms with Gasteiger partial charge in [-0.05, 0) is 62.3 Å². The molecule has 24 heavy (non-hydrogen) atoms. The van der Waals surface area contributed by atoms with Gasteiger partial charge in [-0.3, -0.25) is 4.79 Å². The smallest absolute Gasteiger partial charge is 0.226 e. The lowest BCUT2D eigenvalue weighted by Gasteiger charge is -2.22. The zero-order valence-corrected chi connectivity index (χ0v) is 15.4. The van der Waals surface area contributed by atoms with E-state index in [4.69, 9.17) is 0 Å². The largest absolute Gasteiger partial charge is 0.383 e. The van der Waals surface area contributed by atoms with Gasteiger partial charge >= 0.3 is 0 Å². The molecule has 0 aliphatic heterocycles. The van der Waals surface area contributed by atoms with Crippen LogP contribution >= 0.6 is 0 Å². The molecule has 1 amide bonds. The van der Waals surface area contributed by atoms with Crippen molar-refractivity contribution in [2.24, 2.45) is 5.92 Å². The molecule has 0 aromatic heterocycles. The molecule has 0 fully saturated rings. The summed E-state index contributed by atoms with van der Waals surface area (Å²) in [6.07, 6.45) is 12.6. The first kappa shape index (κ1) is 18.3. The first-order valence-electron chi connectivity index (χ1n) is 8.93. The van der Waals surface area contributed by atoms with Crippen LogP contribution in [0.3, 0.4) is 0 Å². The van der Waals surface area contributed by atoms with Crippen LogP contribution in [-0.4, -0.2) is 11.9 Å². The van der Waals surface area contributed by atoms with Crippen molar-refractivity contribution >= 4 is 5.91 Å². The molecule has 2 aliphatic carbocycles. The lowest BCUT2D eigenvalue weighted by atomic mass is 9.87. The number of hydrogen-bond acceptors (Lipinski definition) is 2. The Hall–Kier alpha value is -2.03. The monoisotopic (exact) mass is 326 g/mol. The van der Waals surface area contributed by atoms with Crippen molar-refractivity contribution in [2.45, 2.75) is 59.4 Å². The van der Waals surface area contributed by atoms with E-state index in [2.05, 4.69) is 55.4 Å². The van der Waals surface area contributed by atoms with Gasteiger partial charge in [0.15, 0.2) is 0 Å². The van der Waals surface area contributed by atoms with E-state index in [1.54, 1.807) is 0 Å². The summed E-state index contributed by atoms with van der Waals surface area (Å²) in [7, 11) is 0. The molecule has 0 aromatic carbocycles. The predicted octanol–water partition coefficient (Wildman–Crippen LogP) is 4.52. The van der Waals surface area contributed by atoms with Crippen LogP contribution in [0.1, 0.15) is 53.4 Å². The van der Waals surface area contributed by atoms with E-state index >= 15 is 0 Å². The molecule has 0 saturated carbocycles. The molecule has 0 atom stereocenters. The van der Waals surface area contributed by atoms with Gasteiger partial charge in [-0.15, -0.1) is 0 Å². The fraction of sp³-hybridized carbons (Fsp3) is 0.476. The normalized spacial score (nSPS) is 17.8. The van der Waals surface area contributed by atoms with Crippen LogP contribution in [0.2, 0.25) is 0 Å². The molecule has 3 nitrogen and oxygen atoms in total. The second kappa shape index (κ2) is 8.18. The highest BCUT2D eigenvalue weighted by atomic mass is 16.1. The number of allylic oxidation sites excluding steroid dienone is 8. The van der Waals surface area contributed by atoms with Crippen LogP contribution in [0.4, 0.5) is 0 Å². The predicted molar refractivity (Wildman–Crippen MR) is 101 cm³/mol. The number of carbonyl (C=O) groups is 1. The van der Waals surface area contributed by atoms with Crippen molar-refractivity contribution in [1.29, 1.82) is 0 Å². The number of nitrogens with one attached hydrogen (secondary N) is 2. The molecule has 130 valence electrons. The van der Waals surface area contributed by atoms with E-state index in [1.165, 1.54) is 16.7 Å². The summed E-state index contributed by atoms with van der Waals surface area (Å²) < 4.78 is 0. The van der Waals surface area contributed by atoms with Crippen LogP contribution in [0.5, 0.6) is 0 Å². The Kier molecular flexibility index (Phi) is 6.24. The fourth-order valence-corrected chi connectivity index (χ4v) is 2.91. The van der Waals surface area contributed by atoms with Gasteiger partial charge in [0.05, 0.1) is 0 Å². The first-order valence-corrected chi connectivity index (χ1v) is 8.93. The van der Waals surface area contributed by atoms with Gasteiger partial charge < -0.3 is 10.6 Å². The molecule has 2 rings (SSSR count). The molecule has 0 heterocycles. The van der Waals surface area contributed by atoms with Crippen LogP contribution in [0.15, 0.2) is 59.0 Å². The minimum atomic E-state index is 0.0217. The van der Waals surface area contributed by atoms with Gasteiger partial charge in [0.2, 0.25) is 5.91 Å². The summed E-state index contributed by atoms with van der Waals surface area (Å²) in [6.45, 7) is 12.2. The van der Waals surface area contributed by atoms with Gasteiger partial charge in [0.1, 0.15) is 0 Å². The summed E-state index contributed by atoms with van der Waals surface area (Å²) >= 11 is 0. The number of rotatable bonds is 6. The third kappa shape index (κ3) is 4.98. The van der Waals surface area contributed by atoms with Crippen molar-refractivity contribution in [1.82, 2.24) is 10.6 Å². The Bertz CT molecular complexity index is 630. The second-order valence-electron chi connectivity index (χ2n) is 7.19. The highest BCUT2D eigenvalue weighted by Crippen LogP contribution is 2.31. The molecule has 0 spiro atoms. The Morgan fingerprint density at radius 1 is 0.958 bits per heavy atom. The maximum atomic E-state index is 11.8. The molecule has 0 saturated heterocycles. The molecule has 2 aliphatic rings. The van der Waals surface area contributed by atoms with E-state index in [1.807, 2.05) is 13.8 Å². The molecular weight excluding hydrogens is 296 g/mol. The second-order valence-corrected chi connectivity index (χ2v) is 7.19. The van der Waals surface area contributed by atoms with Gasteiger partial charge in [-0.1, -0.05) is 38.7 Å². The SMILES string of the molecule is C=C(NC(C)C)C1=CC=C(C2=CC=C(NC(=O)C(C)C)CC2)CC1. The fourth-order valence-electron chi connectivity index (χ4n) is 2.91. The highest BCUT2D eigenvalue weighted by Gasteiger charge is 2.16. The minimum Gasteiger partial charge on any atom is -0.383 e. The van der Waals surface area contributed by atoms with Crippen molar-refractivity contribution in [2.75, 3.05) is 0 Å².